The summed E-state index contributed by atoms with van der Waals surface area (Å²) in [6.45, 7) is 0. The van der Waals surface area contributed by atoms with Gasteiger partial charge in [0.05, 0.1) is 6.07 Å². The van der Waals surface area contributed by atoms with E-state index < -0.39 is 0 Å². The van der Waals surface area contributed by atoms with Gasteiger partial charge in [0.1, 0.15) is 0 Å². The summed E-state index contributed by atoms with van der Waals surface area (Å²) in [5.74, 6) is 0.781. The molecule has 0 aliphatic heterocycles. The Morgan fingerprint density at radius 1 is 1.70 bits per heavy atom. The summed E-state index contributed by atoms with van der Waals surface area (Å²) in [7, 11) is 0. The van der Waals surface area contributed by atoms with Crippen LogP contribution in [0.25, 0.3) is 0 Å². The summed E-state index contributed by atoms with van der Waals surface area (Å²) in [5.41, 5.74) is 5.04. The van der Waals surface area contributed by atoms with Gasteiger partial charge in [-0.2, -0.15) is 5.26 Å². The number of nitrogens with one attached hydrogen (secondary N) is 1. The number of rotatable bonds is 3. The topological polar surface area (TPSA) is 73.7 Å². The minimum atomic E-state index is 0. The SMILES string of the molecule is Cl.[15N]#[13C]CCCS[13C](=[15NH])[15NH2]. The smallest absolute Gasteiger partial charge is 0.151 e. The molecule has 5 heteroatoms. The van der Waals surface area contributed by atoms with Crippen molar-refractivity contribution >= 4 is 29.3 Å². The highest BCUT2D eigenvalue weighted by Crippen LogP contribution is 2.01. The third-order valence-corrected chi connectivity index (χ3v) is 1.49. The van der Waals surface area contributed by atoms with E-state index in [1.807, 2.05) is 6.07 Å². The van der Waals surface area contributed by atoms with Crippen molar-refractivity contribution in [3.63, 3.8) is 0 Å². The van der Waals surface area contributed by atoms with Crippen molar-refractivity contribution in [1.29, 1.82) is 10.7 Å². The van der Waals surface area contributed by atoms with Gasteiger partial charge in [0.2, 0.25) is 0 Å². The Kier molecular flexibility index (Phi) is 10.6. The number of unbranched alkanes of at least 4 members (excludes halogenated alkanes) is 1. The molecule has 0 saturated heterocycles. The zero-order chi connectivity index (χ0) is 7.11. The largest absolute Gasteiger partial charge is 0.379 e. The van der Waals surface area contributed by atoms with Gasteiger partial charge in [-0.15, -0.1) is 12.4 Å². The monoisotopic (exact) mass is 184 g/mol. The van der Waals surface area contributed by atoms with Crippen molar-refractivity contribution in [2.24, 2.45) is 5.73 Å². The van der Waals surface area contributed by atoms with Crippen molar-refractivity contribution in [2.75, 3.05) is 5.75 Å². The first kappa shape index (κ1) is 12.3. The fourth-order valence-electron chi connectivity index (χ4n) is 0.333. The van der Waals surface area contributed by atoms with Crippen molar-refractivity contribution in [3.05, 3.63) is 0 Å². The van der Waals surface area contributed by atoms with Gasteiger partial charge in [0.15, 0.2) is 5.17 Å². The van der Waals surface area contributed by atoms with E-state index in [0.29, 0.717) is 6.42 Å². The zero-order valence-corrected chi connectivity index (χ0v) is 7.10. The molecule has 0 heterocycles. The van der Waals surface area contributed by atoms with E-state index in [4.69, 9.17) is 16.4 Å². The van der Waals surface area contributed by atoms with E-state index in [1.165, 1.54) is 11.8 Å². The van der Waals surface area contributed by atoms with E-state index in [2.05, 4.69) is 0 Å². The molecule has 0 rings (SSSR count). The molecule has 0 amide bonds. The number of hydrogen-bond acceptors (Lipinski definition) is 3. The molecule has 0 aliphatic carbocycles. The Morgan fingerprint density at radius 2 is 2.30 bits per heavy atom. The fraction of sp³-hybridized carbons (Fsp3) is 0.600. The Bertz CT molecular complexity index is 131. The second kappa shape index (κ2) is 8.60. The molecular weight excluding hydrogens is 175 g/mol. The molecule has 0 aromatic carbocycles. The first-order chi connectivity index (χ1) is 4.27. The van der Waals surface area contributed by atoms with Gasteiger partial charge in [-0.05, 0) is 6.42 Å². The summed E-state index contributed by atoms with van der Waals surface area (Å²) >= 11 is 1.28. The summed E-state index contributed by atoms with van der Waals surface area (Å²) in [6.07, 6.45) is 1.38. The van der Waals surface area contributed by atoms with E-state index in [1.54, 1.807) is 0 Å². The highest BCUT2D eigenvalue weighted by atomic mass is 35.5. The van der Waals surface area contributed by atoms with Crippen molar-refractivity contribution < 1.29 is 0 Å². The molecule has 0 fully saturated rings. The summed E-state index contributed by atoms with van der Waals surface area (Å²) in [5, 5.41) is 15.0. The molecule has 0 aliphatic rings. The minimum Gasteiger partial charge on any atom is -0.379 e. The molecule has 0 atom stereocenters. The van der Waals surface area contributed by atoms with Crippen LogP contribution in [0.2, 0.25) is 0 Å². The van der Waals surface area contributed by atoms with Crippen LogP contribution in [0, 0.1) is 16.7 Å². The van der Waals surface area contributed by atoms with Crippen LogP contribution < -0.4 is 5.73 Å². The standard InChI is InChI=1S/C5H9N3S.ClH/c6-3-1-2-4-9-5(7)8;/h1-2,4H2,(H3,7,8);1H/i3+1,5+1,6+1,7+1,8+1;. The summed E-state index contributed by atoms with van der Waals surface area (Å²) < 4.78 is 0. The molecule has 10 heavy (non-hydrogen) atoms. The maximum absolute atomic E-state index is 8.09. The Balaban J connectivity index is 0. The molecule has 0 spiro atoms. The second-order valence-corrected chi connectivity index (χ2v) is 2.61. The Morgan fingerprint density at radius 3 is 2.70 bits per heavy atom. The maximum atomic E-state index is 8.09. The van der Waals surface area contributed by atoms with Gasteiger partial charge >= 0.3 is 0 Å². The van der Waals surface area contributed by atoms with Crippen molar-refractivity contribution in [2.45, 2.75) is 12.8 Å². The molecule has 0 aromatic rings. The minimum absolute atomic E-state index is 0. The first-order valence-corrected chi connectivity index (χ1v) is 3.59. The third-order valence-electron chi connectivity index (χ3n) is 0.690. The predicted octanol–water partition coefficient (Wildman–Crippen LogP) is 1.34. The number of nitriles is 1. The lowest BCUT2D eigenvalue weighted by Gasteiger charge is -1.92. The van der Waals surface area contributed by atoms with Gasteiger partial charge in [-0.1, -0.05) is 11.8 Å². The number of hydrogen-bond donors (Lipinski definition) is 2. The number of nitrogens with two attached hydrogens (primary N) is 1. The van der Waals surface area contributed by atoms with E-state index in [0.717, 1.165) is 12.2 Å². The van der Waals surface area contributed by atoms with Crippen LogP contribution in [0.4, 0.5) is 0 Å². The fourth-order valence-corrected chi connectivity index (χ4v) is 0.842. The number of thioether (sulfide) groups is 1. The van der Waals surface area contributed by atoms with Crippen LogP contribution in [0.3, 0.4) is 0 Å². The lowest BCUT2D eigenvalue weighted by Crippen LogP contribution is -2.04. The summed E-state index contributed by atoms with van der Waals surface area (Å²) in [4.78, 5) is 0. The van der Waals surface area contributed by atoms with Crippen molar-refractivity contribution in [3.8, 4) is 6.07 Å². The van der Waals surface area contributed by atoms with Crippen LogP contribution in [0.1, 0.15) is 12.8 Å². The summed E-state index contributed by atoms with van der Waals surface area (Å²) in [6, 6.07) is 2.02. The van der Waals surface area contributed by atoms with Gasteiger partial charge in [0, 0.05) is 12.2 Å². The zero-order valence-electron chi connectivity index (χ0n) is 5.46. The van der Waals surface area contributed by atoms with E-state index in [9.17, 15) is 0 Å². The third kappa shape index (κ3) is 10.6. The van der Waals surface area contributed by atoms with Crippen molar-refractivity contribution in [1.82, 2.24) is 0 Å². The Labute approximate surface area is 70.9 Å². The van der Waals surface area contributed by atoms with E-state index in [-0.39, 0.29) is 17.6 Å². The van der Waals surface area contributed by atoms with Crippen LogP contribution in [0.15, 0.2) is 0 Å². The van der Waals surface area contributed by atoms with Gasteiger partial charge < -0.3 is 5.73 Å². The lowest BCUT2D eigenvalue weighted by atomic mass is 10.5. The normalized spacial score (nSPS) is 7.50. The number of amidine groups is 1. The van der Waals surface area contributed by atoms with Gasteiger partial charge in [0.25, 0.3) is 0 Å². The molecule has 0 aromatic heterocycles. The molecule has 3 nitrogen and oxygen atoms in total. The highest BCUT2D eigenvalue weighted by Gasteiger charge is 1.89. The predicted molar refractivity (Wildman–Crippen MR) is 46.5 cm³/mol. The molecule has 0 unspecified atom stereocenters. The van der Waals surface area contributed by atoms with Gasteiger partial charge in [-0.3, -0.25) is 5.41 Å². The molecule has 3 N–H and O–H groups in total. The molecule has 58 valence electrons. The molecule has 0 saturated carbocycles. The van der Waals surface area contributed by atoms with Crippen LogP contribution in [0.5, 0.6) is 0 Å². The number of halogens is 1. The Hall–Kier alpha value is -0.400. The number of nitrogens with zero attached hydrogens (tertiary/aromatic N) is 1. The van der Waals surface area contributed by atoms with Gasteiger partial charge in [-0.25, -0.2) is 0 Å². The average molecular weight is 185 g/mol. The second-order valence-electron chi connectivity index (χ2n) is 1.47. The van der Waals surface area contributed by atoms with E-state index >= 15 is 0 Å². The van der Waals surface area contributed by atoms with Crippen LogP contribution in [-0.2, 0) is 0 Å². The highest BCUT2D eigenvalue weighted by molar-refractivity contribution is 8.13. The molecular formula is C5H10ClN3S. The molecule has 0 bridgehead atoms. The van der Waals surface area contributed by atoms with Crippen LogP contribution >= 0.6 is 24.2 Å². The lowest BCUT2D eigenvalue weighted by molar-refractivity contribution is 0.984. The quantitative estimate of drug-likeness (QED) is 0.229. The maximum Gasteiger partial charge on any atom is 0.151 e. The average Bonchev–Trinajstić information content (AvgIpc) is 1.80. The van der Waals surface area contributed by atoms with Crippen LogP contribution in [-0.4, -0.2) is 10.9 Å². The first-order valence-electron chi connectivity index (χ1n) is 2.61. The molecule has 0 radical (unpaired) electrons.